The van der Waals surface area contributed by atoms with Crippen molar-refractivity contribution in [3.05, 3.63) is 46.7 Å². The molecule has 2 heterocycles. The van der Waals surface area contributed by atoms with E-state index in [1.165, 1.54) is 5.38 Å². The number of nitrogens with one attached hydrogen (secondary N) is 2. The van der Waals surface area contributed by atoms with Crippen LogP contribution in [0.15, 0.2) is 23.8 Å². The van der Waals surface area contributed by atoms with Gasteiger partial charge in [0.15, 0.2) is 5.82 Å². The van der Waals surface area contributed by atoms with Crippen LogP contribution in [-0.4, -0.2) is 31.4 Å². The molecular weight excluding hydrogens is 446 g/mol. The molecule has 0 radical (unpaired) electrons. The molecule has 0 aliphatic heterocycles. The first-order valence-corrected chi connectivity index (χ1v) is 10.3. The zero-order valence-electron chi connectivity index (χ0n) is 15.3. The molecule has 0 fully saturated rings. The zero-order valence-corrected chi connectivity index (χ0v) is 17.0. The Morgan fingerprint density at radius 1 is 1.33 bits per heavy atom. The number of nitrogens with zero attached hydrogens (tertiary/aromatic N) is 3. The molecule has 0 spiro atoms. The van der Waals surface area contributed by atoms with Crippen molar-refractivity contribution >= 4 is 50.8 Å². The number of rotatable bonds is 8. The smallest absolute Gasteiger partial charge is 0.281 e. The van der Waals surface area contributed by atoms with Gasteiger partial charge in [0.05, 0.1) is 21.5 Å². The minimum Gasteiger partial charge on any atom is -0.317 e. The van der Waals surface area contributed by atoms with Gasteiger partial charge in [0, 0.05) is 11.1 Å². The van der Waals surface area contributed by atoms with Crippen LogP contribution in [0.1, 0.15) is 35.8 Å². The van der Waals surface area contributed by atoms with E-state index in [2.05, 4.69) is 20.7 Å². The molecule has 0 atom stereocenters. The zero-order chi connectivity index (χ0) is 21.8. The summed E-state index contributed by atoms with van der Waals surface area (Å²) in [5.41, 5.74) is 0.583. The predicted molar refractivity (Wildman–Crippen MR) is 107 cm³/mol. The summed E-state index contributed by atoms with van der Waals surface area (Å²) >= 11 is 1.79. The Kier molecular flexibility index (Phi) is 7.07. The molecular formula is C17H15F4N5O2S2. The second-order valence-electron chi connectivity index (χ2n) is 5.84. The minimum atomic E-state index is -2.87. The first-order valence-electron chi connectivity index (χ1n) is 8.51. The molecule has 1 amide bonds. The number of hydrazine groups is 1. The Morgan fingerprint density at radius 3 is 2.80 bits per heavy atom. The number of carbonyl (C=O) groups is 1. The van der Waals surface area contributed by atoms with Crippen molar-refractivity contribution in [3.8, 4) is 0 Å². The molecule has 3 rings (SSSR count). The highest BCUT2D eigenvalue weighted by molar-refractivity contribution is 7.96. The standard InChI is InChI=1S/C17H15F4N5O2S2/c1-2-5-30-26(28)25-10-4-3-9(18)13(11(10)19)24-17(27)8-6-29-15-12(8)22-7-23-14(15)16(20)21/h3-4,6-7,16,25,28H,2,5H2,1H3,(H,24,27). The van der Waals surface area contributed by atoms with E-state index in [0.717, 1.165) is 48.2 Å². The number of hydrogen-bond donors (Lipinski definition) is 3. The Balaban J connectivity index is 1.88. The van der Waals surface area contributed by atoms with Crippen LogP contribution in [0.2, 0.25) is 0 Å². The van der Waals surface area contributed by atoms with Gasteiger partial charge in [0.2, 0.25) is 0 Å². The largest absolute Gasteiger partial charge is 0.317 e. The van der Waals surface area contributed by atoms with E-state index >= 15 is 0 Å². The molecule has 0 saturated carbocycles. The minimum absolute atomic E-state index is 0.0119. The highest BCUT2D eigenvalue weighted by Crippen LogP contribution is 2.33. The summed E-state index contributed by atoms with van der Waals surface area (Å²) in [6.07, 6.45) is -1.22. The maximum Gasteiger partial charge on any atom is 0.281 e. The number of amides is 1. The average molecular weight is 461 g/mol. The molecule has 0 aliphatic rings. The number of thiophene rings is 1. The van der Waals surface area contributed by atoms with Crippen LogP contribution in [0, 0.1) is 11.6 Å². The fourth-order valence-electron chi connectivity index (χ4n) is 2.43. The van der Waals surface area contributed by atoms with Crippen LogP contribution in [0.5, 0.6) is 0 Å². The number of anilines is 2. The van der Waals surface area contributed by atoms with Crippen molar-refractivity contribution < 1.29 is 27.6 Å². The Labute approximate surface area is 176 Å². The van der Waals surface area contributed by atoms with Crippen LogP contribution >= 0.6 is 23.3 Å². The van der Waals surface area contributed by atoms with Gasteiger partial charge >= 0.3 is 0 Å². The lowest BCUT2D eigenvalue weighted by Crippen LogP contribution is -2.21. The average Bonchev–Trinajstić information content (AvgIpc) is 3.15. The molecule has 0 saturated heterocycles. The van der Waals surface area contributed by atoms with Crippen LogP contribution < -0.4 is 10.7 Å². The van der Waals surface area contributed by atoms with Gasteiger partial charge in [-0.1, -0.05) is 6.92 Å². The Morgan fingerprint density at radius 2 is 2.10 bits per heavy atom. The van der Waals surface area contributed by atoms with Crippen molar-refractivity contribution in [2.45, 2.75) is 19.8 Å². The molecule has 0 bridgehead atoms. The summed E-state index contributed by atoms with van der Waals surface area (Å²) < 4.78 is 55.6. The van der Waals surface area contributed by atoms with Crippen LogP contribution in [0.25, 0.3) is 10.2 Å². The molecule has 3 N–H and O–H groups in total. The van der Waals surface area contributed by atoms with E-state index in [9.17, 15) is 27.6 Å². The predicted octanol–water partition coefficient (Wildman–Crippen LogP) is 5.24. The summed E-state index contributed by atoms with van der Waals surface area (Å²) in [6, 6.07) is 1.96. The fraction of sp³-hybridized carbons (Fsp3) is 0.235. The van der Waals surface area contributed by atoms with Gasteiger partial charge in [0.25, 0.3) is 12.3 Å². The molecule has 30 heavy (non-hydrogen) atoms. The van der Waals surface area contributed by atoms with Gasteiger partial charge in [-0.15, -0.1) is 11.3 Å². The number of benzene rings is 1. The molecule has 3 aromatic rings. The van der Waals surface area contributed by atoms with Crippen LogP contribution in [0.4, 0.5) is 28.9 Å². The summed E-state index contributed by atoms with van der Waals surface area (Å²) in [5.74, 6) is -2.60. The highest BCUT2D eigenvalue weighted by atomic mass is 32.2. The molecule has 0 aliphatic carbocycles. The van der Waals surface area contributed by atoms with Gasteiger partial charge < -0.3 is 5.32 Å². The number of carbonyl (C=O) groups excluding carboxylic acids is 1. The lowest BCUT2D eigenvalue weighted by molar-refractivity contribution is 0.0434. The number of aromatic nitrogens is 2. The van der Waals surface area contributed by atoms with Crippen molar-refractivity contribution in [1.29, 1.82) is 0 Å². The van der Waals surface area contributed by atoms with Gasteiger partial charge in [-0.2, -0.15) is 0 Å². The summed E-state index contributed by atoms with van der Waals surface area (Å²) in [5, 5.41) is 13.1. The summed E-state index contributed by atoms with van der Waals surface area (Å²) in [6.45, 7) is 1.89. The topological polar surface area (TPSA) is 90.4 Å². The number of halogens is 4. The van der Waals surface area contributed by atoms with E-state index < -0.39 is 35.3 Å². The Bertz CT molecular complexity index is 1070. The van der Waals surface area contributed by atoms with Gasteiger partial charge in [-0.25, -0.2) is 27.5 Å². The monoisotopic (exact) mass is 461 g/mol. The van der Waals surface area contributed by atoms with Crippen LogP contribution in [0.3, 0.4) is 0 Å². The highest BCUT2D eigenvalue weighted by Gasteiger charge is 2.23. The van der Waals surface area contributed by atoms with Crippen LogP contribution in [-0.2, 0) is 0 Å². The summed E-state index contributed by atoms with van der Waals surface area (Å²) in [7, 11) is 0. The second kappa shape index (κ2) is 9.55. The SMILES string of the molecule is CCCSN(O)Nc1ccc(F)c(NC(=O)c2csc3c(C(F)F)ncnc23)c1F. The molecule has 160 valence electrons. The summed E-state index contributed by atoms with van der Waals surface area (Å²) in [4.78, 5) is 19.9. The van der Waals surface area contributed by atoms with Crippen molar-refractivity contribution in [2.75, 3.05) is 16.5 Å². The quantitative estimate of drug-likeness (QED) is 0.240. The second-order valence-corrected chi connectivity index (χ2v) is 7.73. The maximum absolute atomic E-state index is 14.7. The van der Waals surface area contributed by atoms with E-state index in [0.29, 0.717) is 10.3 Å². The van der Waals surface area contributed by atoms with E-state index in [4.69, 9.17) is 0 Å². The lowest BCUT2D eigenvalue weighted by Gasteiger charge is -2.17. The lowest BCUT2D eigenvalue weighted by atomic mass is 10.2. The van der Waals surface area contributed by atoms with Gasteiger partial charge in [-0.05, 0) is 35.1 Å². The molecule has 13 heteroatoms. The third-order valence-corrected chi connectivity index (χ3v) is 5.71. The normalized spacial score (nSPS) is 11.5. The number of fused-ring (bicyclic) bond motifs is 1. The van der Waals surface area contributed by atoms with Gasteiger partial charge in [0.1, 0.15) is 23.5 Å². The Hall–Kier alpha value is -2.48. The maximum atomic E-state index is 14.7. The van der Waals surface area contributed by atoms with Crippen molar-refractivity contribution in [2.24, 2.45) is 0 Å². The van der Waals surface area contributed by atoms with E-state index in [1.54, 1.807) is 0 Å². The molecule has 7 nitrogen and oxygen atoms in total. The van der Waals surface area contributed by atoms with E-state index in [1.807, 2.05) is 6.92 Å². The number of alkyl halides is 2. The van der Waals surface area contributed by atoms with Crippen molar-refractivity contribution in [3.63, 3.8) is 0 Å². The molecule has 0 unspecified atom stereocenters. The fourth-order valence-corrected chi connectivity index (χ4v) is 3.94. The van der Waals surface area contributed by atoms with Crippen molar-refractivity contribution in [1.82, 2.24) is 14.5 Å². The van der Waals surface area contributed by atoms with Gasteiger partial charge in [-0.3, -0.25) is 15.4 Å². The van der Waals surface area contributed by atoms with E-state index in [-0.39, 0.29) is 21.5 Å². The first kappa shape index (κ1) is 22.2. The molecule has 1 aromatic carbocycles. The molecule has 2 aromatic heterocycles. The third-order valence-electron chi connectivity index (χ3n) is 3.80. The third kappa shape index (κ3) is 4.64. The number of hydrogen-bond acceptors (Lipinski definition) is 8. The first-order chi connectivity index (χ1) is 14.3.